The Labute approximate surface area is 173 Å². The summed E-state index contributed by atoms with van der Waals surface area (Å²) in [6, 6.07) is 20.2. The lowest BCUT2D eigenvalue weighted by Crippen LogP contribution is -2.44. The molecule has 0 saturated carbocycles. The number of rotatable bonds is 2. The van der Waals surface area contributed by atoms with Gasteiger partial charge in [0.25, 0.3) is 0 Å². The highest BCUT2D eigenvalue weighted by atomic mass is 79.9. The number of benzene rings is 2. The predicted octanol–water partition coefficient (Wildman–Crippen LogP) is 5.77. The Hall–Kier alpha value is -1.82. The molecule has 1 aliphatic carbocycles. The second-order valence-corrected chi connectivity index (χ2v) is 8.78. The van der Waals surface area contributed by atoms with E-state index in [1.807, 2.05) is 55.5 Å². The number of halogens is 1. The minimum absolute atomic E-state index is 0.0288. The Morgan fingerprint density at radius 2 is 1.39 bits per heavy atom. The van der Waals surface area contributed by atoms with Crippen LogP contribution in [0.5, 0.6) is 0 Å². The molecule has 2 aromatic rings. The first-order chi connectivity index (χ1) is 13.5. The van der Waals surface area contributed by atoms with E-state index in [4.69, 9.17) is 9.47 Å². The molecule has 4 rings (SSSR count). The standard InChI is InChI=1S/C23H25BrO4/c1-14-12-17-20(26)19(25)13-18(24)23(17)28-22(16-10-6-3-7-11-16)21(27-14)15-8-4-2-5-9-15/h2-11,14,17-18,21-23,25-26H,12-13H2,1H3/t14-,17+,18+,21+,22+,23+/m0/s1. The van der Waals surface area contributed by atoms with Crippen LogP contribution in [0.3, 0.4) is 0 Å². The number of allylic oxidation sites excluding steroid dienone is 1. The molecule has 2 aliphatic rings. The van der Waals surface area contributed by atoms with E-state index in [2.05, 4.69) is 28.1 Å². The van der Waals surface area contributed by atoms with E-state index >= 15 is 0 Å². The first kappa shape index (κ1) is 19.5. The van der Waals surface area contributed by atoms with E-state index in [0.29, 0.717) is 12.8 Å². The maximum atomic E-state index is 10.5. The van der Waals surface area contributed by atoms with Gasteiger partial charge in [-0.1, -0.05) is 76.6 Å². The molecule has 1 saturated heterocycles. The molecule has 1 aliphatic heterocycles. The quantitative estimate of drug-likeness (QED) is 0.576. The summed E-state index contributed by atoms with van der Waals surface area (Å²) in [5.41, 5.74) is 2.09. The Bertz CT molecular complexity index is 823. The van der Waals surface area contributed by atoms with Crippen LogP contribution in [0, 0.1) is 5.92 Å². The van der Waals surface area contributed by atoms with E-state index in [-0.39, 0.29) is 46.7 Å². The zero-order chi connectivity index (χ0) is 19.7. The lowest BCUT2D eigenvalue weighted by atomic mass is 9.84. The smallest absolute Gasteiger partial charge is 0.135 e. The van der Waals surface area contributed by atoms with Crippen LogP contribution in [0.25, 0.3) is 0 Å². The lowest BCUT2D eigenvalue weighted by molar-refractivity contribution is -0.169. The van der Waals surface area contributed by atoms with Crippen molar-refractivity contribution < 1.29 is 19.7 Å². The van der Waals surface area contributed by atoms with Crippen LogP contribution in [0.15, 0.2) is 72.2 Å². The minimum atomic E-state index is -0.327. The van der Waals surface area contributed by atoms with Gasteiger partial charge in [0.15, 0.2) is 0 Å². The normalized spacial score (nSPS) is 33.6. The fourth-order valence-corrected chi connectivity index (χ4v) is 5.02. The van der Waals surface area contributed by atoms with Gasteiger partial charge >= 0.3 is 0 Å². The Kier molecular flexibility index (Phi) is 5.76. The van der Waals surface area contributed by atoms with E-state index in [0.717, 1.165) is 11.1 Å². The average molecular weight is 445 g/mol. The van der Waals surface area contributed by atoms with Crippen LogP contribution in [-0.2, 0) is 9.47 Å². The van der Waals surface area contributed by atoms with Crippen molar-refractivity contribution in [3.05, 3.63) is 83.3 Å². The minimum Gasteiger partial charge on any atom is -0.509 e. The van der Waals surface area contributed by atoms with Crippen molar-refractivity contribution >= 4 is 15.9 Å². The van der Waals surface area contributed by atoms with Crippen LogP contribution >= 0.6 is 15.9 Å². The summed E-state index contributed by atoms with van der Waals surface area (Å²) in [7, 11) is 0. The van der Waals surface area contributed by atoms with Crippen molar-refractivity contribution in [3.63, 3.8) is 0 Å². The van der Waals surface area contributed by atoms with E-state index < -0.39 is 0 Å². The second kappa shape index (κ2) is 8.27. The first-order valence-electron chi connectivity index (χ1n) is 9.70. The lowest BCUT2D eigenvalue weighted by Gasteiger charge is -2.43. The number of hydrogen-bond donors (Lipinski definition) is 2. The molecule has 5 heteroatoms. The average Bonchev–Trinajstić information content (AvgIpc) is 2.70. The van der Waals surface area contributed by atoms with E-state index in [1.54, 1.807) is 0 Å². The fourth-order valence-electron chi connectivity index (χ4n) is 4.22. The maximum absolute atomic E-state index is 10.5. The Morgan fingerprint density at radius 1 is 0.857 bits per heavy atom. The maximum Gasteiger partial charge on any atom is 0.135 e. The molecule has 0 radical (unpaired) electrons. The number of alkyl halides is 1. The molecule has 6 atom stereocenters. The predicted molar refractivity (Wildman–Crippen MR) is 112 cm³/mol. The molecule has 148 valence electrons. The highest BCUT2D eigenvalue weighted by Crippen LogP contribution is 2.46. The van der Waals surface area contributed by atoms with Gasteiger partial charge in [0.05, 0.1) is 12.2 Å². The van der Waals surface area contributed by atoms with E-state index in [9.17, 15) is 10.2 Å². The third-order valence-corrected chi connectivity index (χ3v) is 6.43. The first-order valence-corrected chi connectivity index (χ1v) is 10.6. The summed E-state index contributed by atoms with van der Waals surface area (Å²) in [6.45, 7) is 2.02. The molecule has 2 aromatic carbocycles. The van der Waals surface area contributed by atoms with Gasteiger partial charge in [-0.15, -0.1) is 0 Å². The van der Waals surface area contributed by atoms with Crippen molar-refractivity contribution in [2.24, 2.45) is 5.92 Å². The van der Waals surface area contributed by atoms with Gasteiger partial charge < -0.3 is 19.7 Å². The second-order valence-electron chi connectivity index (χ2n) is 7.60. The summed E-state index contributed by atoms with van der Waals surface area (Å²) in [4.78, 5) is -0.0821. The van der Waals surface area contributed by atoms with Crippen LogP contribution < -0.4 is 0 Å². The largest absolute Gasteiger partial charge is 0.509 e. The molecule has 0 aromatic heterocycles. The molecule has 2 N–H and O–H groups in total. The highest BCUT2D eigenvalue weighted by Gasteiger charge is 2.44. The topological polar surface area (TPSA) is 58.9 Å². The highest BCUT2D eigenvalue weighted by molar-refractivity contribution is 9.09. The van der Waals surface area contributed by atoms with Crippen molar-refractivity contribution in [3.8, 4) is 0 Å². The molecule has 0 spiro atoms. The molecule has 1 heterocycles. The molecule has 1 fully saturated rings. The summed E-state index contributed by atoms with van der Waals surface area (Å²) in [5, 5.41) is 20.7. The van der Waals surface area contributed by atoms with Crippen molar-refractivity contribution in [1.82, 2.24) is 0 Å². The SMILES string of the molecule is C[C@H]1C[C@@H]2C(O)=C(O)C[C@@H](Br)[C@@H]2O[C@H](c2ccccc2)[C@@H](c2ccccc2)O1. The number of aliphatic hydroxyl groups excluding tert-OH is 2. The molecule has 0 amide bonds. The summed E-state index contributed by atoms with van der Waals surface area (Å²) in [6.07, 6.45) is -0.0418. The van der Waals surface area contributed by atoms with E-state index in [1.165, 1.54) is 0 Å². The number of aliphatic hydroxyl groups is 2. The van der Waals surface area contributed by atoms with Crippen LogP contribution in [-0.4, -0.2) is 27.2 Å². The zero-order valence-corrected chi connectivity index (χ0v) is 17.3. The monoisotopic (exact) mass is 444 g/mol. The van der Waals surface area contributed by atoms with Crippen molar-refractivity contribution in [2.75, 3.05) is 0 Å². The summed E-state index contributed by atoms with van der Waals surface area (Å²) >= 11 is 3.68. The van der Waals surface area contributed by atoms with Gasteiger partial charge in [-0.05, 0) is 24.5 Å². The third kappa shape index (κ3) is 3.84. The zero-order valence-electron chi connectivity index (χ0n) is 15.7. The molecule has 0 unspecified atom stereocenters. The fraction of sp³-hybridized carbons (Fsp3) is 0.391. The third-order valence-electron chi connectivity index (χ3n) is 5.59. The van der Waals surface area contributed by atoms with Gasteiger partial charge in [-0.3, -0.25) is 0 Å². The number of hydrogen-bond acceptors (Lipinski definition) is 4. The Morgan fingerprint density at radius 3 is 1.96 bits per heavy atom. The Balaban J connectivity index is 1.77. The summed E-state index contributed by atoms with van der Waals surface area (Å²) < 4.78 is 13.1. The molecule has 28 heavy (non-hydrogen) atoms. The number of fused-ring (bicyclic) bond motifs is 1. The van der Waals surface area contributed by atoms with Gasteiger partial charge in [0.1, 0.15) is 23.7 Å². The van der Waals surface area contributed by atoms with Gasteiger partial charge in [-0.25, -0.2) is 0 Å². The van der Waals surface area contributed by atoms with Gasteiger partial charge in [0, 0.05) is 17.2 Å². The van der Waals surface area contributed by atoms with Gasteiger partial charge in [-0.2, -0.15) is 0 Å². The van der Waals surface area contributed by atoms with Crippen LogP contribution in [0.1, 0.15) is 43.1 Å². The molecular weight excluding hydrogens is 420 g/mol. The van der Waals surface area contributed by atoms with Gasteiger partial charge in [0.2, 0.25) is 0 Å². The molecule has 4 nitrogen and oxygen atoms in total. The van der Waals surface area contributed by atoms with Crippen LogP contribution in [0.4, 0.5) is 0 Å². The van der Waals surface area contributed by atoms with Crippen molar-refractivity contribution in [1.29, 1.82) is 0 Å². The molecular formula is C23H25BrO4. The summed E-state index contributed by atoms with van der Waals surface area (Å²) in [5.74, 6) is -0.243. The van der Waals surface area contributed by atoms with Crippen molar-refractivity contribution in [2.45, 2.75) is 49.0 Å². The number of ether oxygens (including phenoxy) is 2. The molecule has 0 bridgehead atoms. The van der Waals surface area contributed by atoms with Crippen LogP contribution in [0.2, 0.25) is 0 Å².